The van der Waals surface area contributed by atoms with Gasteiger partial charge in [-0.1, -0.05) is 23.7 Å². The number of hydrogen-bond acceptors (Lipinski definition) is 3. The zero-order valence-corrected chi connectivity index (χ0v) is 15.5. The van der Waals surface area contributed by atoms with Crippen LogP contribution in [0.5, 0.6) is 5.75 Å². The second kappa shape index (κ2) is 8.14. The average molecular weight is 379 g/mol. The number of ether oxygens (including phenoxy) is 1. The summed E-state index contributed by atoms with van der Waals surface area (Å²) in [7, 11) is 0. The highest BCUT2D eigenvalue weighted by Crippen LogP contribution is 2.19. The van der Waals surface area contributed by atoms with Gasteiger partial charge in [0.25, 0.3) is 0 Å². The number of para-hydroxylation sites is 2. The lowest BCUT2D eigenvalue weighted by molar-refractivity contribution is 0.302. The number of aromatic nitrogens is 2. The van der Waals surface area contributed by atoms with Gasteiger partial charge in [0.15, 0.2) is 0 Å². The highest BCUT2D eigenvalue weighted by atomic mass is 35.5. The molecule has 0 bridgehead atoms. The van der Waals surface area contributed by atoms with E-state index in [0.717, 1.165) is 41.3 Å². The molecule has 2 heterocycles. The Bertz CT molecular complexity index is 1030. The van der Waals surface area contributed by atoms with Gasteiger partial charge in [-0.15, -0.1) is 0 Å². The lowest BCUT2D eigenvalue weighted by atomic mass is 10.3. The fourth-order valence-electron chi connectivity index (χ4n) is 2.94. The molecule has 4 nitrogen and oxygen atoms in total. The number of furan rings is 1. The maximum Gasteiger partial charge on any atom is 0.133 e. The van der Waals surface area contributed by atoms with Crippen LogP contribution < -0.4 is 4.74 Å². The quantitative estimate of drug-likeness (QED) is 0.374. The van der Waals surface area contributed by atoms with Crippen molar-refractivity contribution in [3.8, 4) is 5.75 Å². The average Bonchev–Trinajstić information content (AvgIpc) is 3.33. The Hall–Kier alpha value is -2.98. The van der Waals surface area contributed by atoms with E-state index in [1.807, 2.05) is 66.7 Å². The molecular weight excluding hydrogens is 360 g/mol. The number of fused-ring (bicyclic) bond motifs is 1. The van der Waals surface area contributed by atoms with E-state index in [0.29, 0.717) is 11.6 Å². The van der Waals surface area contributed by atoms with Gasteiger partial charge in [0, 0.05) is 11.6 Å². The zero-order chi connectivity index (χ0) is 18.5. The van der Waals surface area contributed by atoms with Gasteiger partial charge in [0.2, 0.25) is 0 Å². The Labute approximate surface area is 162 Å². The second-order valence-electron chi connectivity index (χ2n) is 6.12. The number of halogens is 1. The minimum absolute atomic E-state index is 0.621. The van der Waals surface area contributed by atoms with Crippen molar-refractivity contribution < 1.29 is 9.15 Å². The van der Waals surface area contributed by atoms with Crippen LogP contribution in [0.1, 0.15) is 18.0 Å². The molecule has 27 heavy (non-hydrogen) atoms. The van der Waals surface area contributed by atoms with Gasteiger partial charge < -0.3 is 13.7 Å². The predicted octanol–water partition coefficient (Wildman–Crippen LogP) is 5.92. The van der Waals surface area contributed by atoms with E-state index >= 15 is 0 Å². The van der Waals surface area contributed by atoms with Gasteiger partial charge in [-0.2, -0.15) is 0 Å². The Kier molecular flexibility index (Phi) is 5.26. The number of hydrogen-bond donors (Lipinski definition) is 0. The van der Waals surface area contributed by atoms with Crippen LogP contribution in [0.4, 0.5) is 0 Å². The topological polar surface area (TPSA) is 40.2 Å². The molecule has 4 aromatic rings. The third kappa shape index (κ3) is 4.23. The molecule has 0 radical (unpaired) electrons. The minimum Gasteiger partial charge on any atom is -0.494 e. The molecule has 136 valence electrons. The smallest absolute Gasteiger partial charge is 0.133 e. The molecule has 2 aromatic carbocycles. The number of imidazole rings is 1. The molecule has 0 aliphatic carbocycles. The second-order valence-corrected chi connectivity index (χ2v) is 6.55. The van der Waals surface area contributed by atoms with Crippen LogP contribution in [0.15, 0.2) is 71.3 Å². The fourth-order valence-corrected chi connectivity index (χ4v) is 3.07. The molecule has 4 rings (SSSR count). The Morgan fingerprint density at radius 2 is 1.85 bits per heavy atom. The first-order valence-electron chi connectivity index (χ1n) is 8.85. The van der Waals surface area contributed by atoms with Crippen molar-refractivity contribution in [1.29, 1.82) is 0 Å². The summed E-state index contributed by atoms with van der Waals surface area (Å²) in [5, 5.41) is 0.709. The number of rotatable bonds is 7. The SMILES string of the molecule is Clc1ccc(OCCCn2c(/C=C/c3ccco3)nc3ccccc32)cc1. The molecule has 0 fully saturated rings. The van der Waals surface area contributed by atoms with Crippen LogP contribution >= 0.6 is 11.6 Å². The van der Waals surface area contributed by atoms with Gasteiger partial charge in [-0.25, -0.2) is 4.98 Å². The lowest BCUT2D eigenvalue weighted by Gasteiger charge is -2.09. The third-order valence-corrected chi connectivity index (χ3v) is 4.48. The van der Waals surface area contributed by atoms with Gasteiger partial charge in [0.05, 0.1) is 23.9 Å². The van der Waals surface area contributed by atoms with Crippen LogP contribution in [0.25, 0.3) is 23.2 Å². The summed E-state index contributed by atoms with van der Waals surface area (Å²) in [5.74, 6) is 2.53. The van der Waals surface area contributed by atoms with Crippen molar-refractivity contribution in [2.45, 2.75) is 13.0 Å². The van der Waals surface area contributed by atoms with E-state index in [-0.39, 0.29) is 0 Å². The van der Waals surface area contributed by atoms with Crippen molar-refractivity contribution in [1.82, 2.24) is 9.55 Å². The highest BCUT2D eigenvalue weighted by molar-refractivity contribution is 6.30. The number of benzene rings is 2. The van der Waals surface area contributed by atoms with Crippen molar-refractivity contribution in [2.24, 2.45) is 0 Å². The number of nitrogens with zero attached hydrogens (tertiary/aromatic N) is 2. The van der Waals surface area contributed by atoms with Crippen LogP contribution in [0, 0.1) is 0 Å². The minimum atomic E-state index is 0.621. The van der Waals surface area contributed by atoms with E-state index in [1.54, 1.807) is 6.26 Å². The van der Waals surface area contributed by atoms with E-state index in [1.165, 1.54) is 0 Å². The molecule has 5 heteroatoms. The summed E-state index contributed by atoms with van der Waals surface area (Å²) >= 11 is 5.90. The van der Waals surface area contributed by atoms with Gasteiger partial charge in [0.1, 0.15) is 17.3 Å². The predicted molar refractivity (Wildman–Crippen MR) is 109 cm³/mol. The van der Waals surface area contributed by atoms with E-state index < -0.39 is 0 Å². The Balaban J connectivity index is 1.47. The molecule has 0 amide bonds. The van der Waals surface area contributed by atoms with Crippen LogP contribution in [0.2, 0.25) is 5.02 Å². The molecule has 0 aliphatic heterocycles. The molecule has 2 aromatic heterocycles. The lowest BCUT2D eigenvalue weighted by Crippen LogP contribution is -2.06. The summed E-state index contributed by atoms with van der Waals surface area (Å²) in [6.07, 6.45) is 6.45. The molecule has 0 saturated heterocycles. The van der Waals surface area contributed by atoms with Gasteiger partial charge >= 0.3 is 0 Å². The molecule has 0 saturated carbocycles. The third-order valence-electron chi connectivity index (χ3n) is 4.23. The van der Waals surface area contributed by atoms with E-state index in [4.69, 9.17) is 25.7 Å². The normalized spacial score (nSPS) is 11.4. The largest absolute Gasteiger partial charge is 0.494 e. The summed E-state index contributed by atoms with van der Waals surface area (Å²) < 4.78 is 13.4. The standard InChI is InChI=1S/C22H19ClN2O2/c23-17-8-10-19(11-9-17)27-16-4-14-25-21-7-2-1-6-20(21)24-22(25)13-12-18-5-3-15-26-18/h1-3,5-13,15H,4,14,16H2/b13-12+. The van der Waals surface area contributed by atoms with Crippen LogP contribution in [0.3, 0.4) is 0 Å². The Morgan fingerprint density at radius 1 is 1.00 bits per heavy atom. The first kappa shape index (κ1) is 17.4. The monoisotopic (exact) mass is 378 g/mol. The summed E-state index contributed by atoms with van der Waals surface area (Å²) in [6.45, 7) is 1.43. The molecule has 0 spiro atoms. The van der Waals surface area contributed by atoms with E-state index in [2.05, 4.69) is 10.6 Å². The molecule has 0 unspecified atom stereocenters. The first-order chi connectivity index (χ1) is 13.3. The maximum absolute atomic E-state index is 5.90. The highest BCUT2D eigenvalue weighted by Gasteiger charge is 2.08. The molecular formula is C22H19ClN2O2. The molecule has 0 aliphatic rings. The van der Waals surface area contributed by atoms with Crippen LogP contribution in [-0.4, -0.2) is 16.2 Å². The summed E-state index contributed by atoms with van der Waals surface area (Å²) in [5.41, 5.74) is 2.10. The maximum atomic E-state index is 5.90. The van der Waals surface area contributed by atoms with Crippen LogP contribution in [-0.2, 0) is 6.54 Å². The van der Waals surface area contributed by atoms with Gasteiger partial charge in [-0.3, -0.25) is 0 Å². The summed E-state index contributed by atoms with van der Waals surface area (Å²) in [6, 6.07) is 19.4. The van der Waals surface area contributed by atoms with Crippen molar-refractivity contribution >= 4 is 34.8 Å². The zero-order valence-electron chi connectivity index (χ0n) is 14.7. The summed E-state index contributed by atoms with van der Waals surface area (Å²) in [4.78, 5) is 4.74. The fraction of sp³-hybridized carbons (Fsp3) is 0.136. The number of aryl methyl sites for hydroxylation is 1. The first-order valence-corrected chi connectivity index (χ1v) is 9.22. The molecule has 0 N–H and O–H groups in total. The van der Waals surface area contributed by atoms with Crippen molar-refractivity contribution in [3.05, 3.63) is 83.5 Å². The van der Waals surface area contributed by atoms with Crippen molar-refractivity contribution in [3.63, 3.8) is 0 Å². The van der Waals surface area contributed by atoms with Gasteiger partial charge in [-0.05, 0) is 67.1 Å². The molecule has 0 atom stereocenters. The Morgan fingerprint density at radius 3 is 2.67 bits per heavy atom. The van der Waals surface area contributed by atoms with E-state index in [9.17, 15) is 0 Å². The van der Waals surface area contributed by atoms with Crippen molar-refractivity contribution in [2.75, 3.05) is 6.61 Å².